The number of alkyl halides is 1. The van der Waals surface area contributed by atoms with Crippen molar-refractivity contribution in [1.29, 1.82) is 0 Å². The molecule has 1 atom stereocenters. The molecular formula is C12H16BrClS. The van der Waals surface area contributed by atoms with Gasteiger partial charge in [0.2, 0.25) is 0 Å². The molecule has 1 aromatic heterocycles. The second-order valence-corrected chi connectivity index (χ2v) is 7.03. The van der Waals surface area contributed by atoms with E-state index >= 15 is 0 Å². The van der Waals surface area contributed by atoms with E-state index < -0.39 is 0 Å². The van der Waals surface area contributed by atoms with Gasteiger partial charge < -0.3 is 0 Å². The molecule has 0 spiro atoms. The van der Waals surface area contributed by atoms with Crippen LogP contribution in [0.5, 0.6) is 0 Å². The third-order valence-electron chi connectivity index (χ3n) is 3.18. The van der Waals surface area contributed by atoms with E-state index in [9.17, 15) is 0 Å². The van der Waals surface area contributed by atoms with Crippen LogP contribution in [-0.4, -0.2) is 0 Å². The van der Waals surface area contributed by atoms with E-state index in [1.165, 1.54) is 43.4 Å². The molecular weight excluding hydrogens is 292 g/mol. The summed E-state index contributed by atoms with van der Waals surface area (Å²) in [5, 5.41) is 0. The van der Waals surface area contributed by atoms with Gasteiger partial charge in [-0.15, -0.1) is 11.3 Å². The predicted molar refractivity (Wildman–Crippen MR) is 72.2 cm³/mol. The van der Waals surface area contributed by atoms with Crippen molar-refractivity contribution in [3.05, 3.63) is 21.3 Å². The van der Waals surface area contributed by atoms with Crippen LogP contribution < -0.4 is 0 Å². The first-order valence-corrected chi connectivity index (χ1v) is 7.77. The molecule has 0 aliphatic heterocycles. The molecule has 1 unspecified atom stereocenters. The molecule has 0 nitrogen and oxygen atoms in total. The van der Waals surface area contributed by atoms with E-state index in [1.54, 1.807) is 11.3 Å². The largest absolute Gasteiger partial charge is 0.127 e. The van der Waals surface area contributed by atoms with Crippen molar-refractivity contribution in [3.8, 4) is 0 Å². The zero-order valence-electron chi connectivity index (χ0n) is 8.72. The van der Waals surface area contributed by atoms with E-state index in [0.717, 1.165) is 10.3 Å². The average molecular weight is 308 g/mol. The minimum absolute atomic E-state index is 0.521. The quantitative estimate of drug-likeness (QED) is 0.478. The third-order valence-corrected chi connectivity index (χ3v) is 6.04. The molecule has 0 saturated heterocycles. The van der Waals surface area contributed by atoms with Gasteiger partial charge in [0, 0.05) is 4.88 Å². The fourth-order valence-corrected chi connectivity index (χ4v) is 4.41. The van der Waals surface area contributed by atoms with Crippen molar-refractivity contribution in [3.63, 3.8) is 0 Å². The van der Waals surface area contributed by atoms with E-state index in [-0.39, 0.29) is 0 Å². The Morgan fingerprint density at radius 1 is 1.20 bits per heavy atom. The molecule has 1 saturated carbocycles. The molecule has 0 N–H and O–H groups in total. The monoisotopic (exact) mass is 306 g/mol. The Bertz CT molecular complexity index is 302. The van der Waals surface area contributed by atoms with Gasteiger partial charge in [-0.25, -0.2) is 0 Å². The summed E-state index contributed by atoms with van der Waals surface area (Å²) in [4.78, 5) is 1.92. The fraction of sp³-hybridized carbons (Fsp3) is 0.667. The SMILES string of the molecule is Clc1ccc(C(Br)C2CCCCCC2)s1. The number of thiophene rings is 1. The highest BCUT2D eigenvalue weighted by Gasteiger charge is 2.22. The van der Waals surface area contributed by atoms with Crippen molar-refractivity contribution in [1.82, 2.24) is 0 Å². The third kappa shape index (κ3) is 3.21. The van der Waals surface area contributed by atoms with Gasteiger partial charge in [0.1, 0.15) is 0 Å². The predicted octanol–water partition coefficient (Wildman–Crippen LogP) is 5.81. The molecule has 0 aromatic carbocycles. The summed E-state index contributed by atoms with van der Waals surface area (Å²) < 4.78 is 0.906. The van der Waals surface area contributed by atoms with Crippen LogP contribution in [0.3, 0.4) is 0 Å². The first-order chi connectivity index (χ1) is 7.27. The number of hydrogen-bond donors (Lipinski definition) is 0. The number of hydrogen-bond acceptors (Lipinski definition) is 1. The zero-order valence-corrected chi connectivity index (χ0v) is 11.9. The summed E-state index contributed by atoms with van der Waals surface area (Å²) >= 11 is 11.5. The molecule has 1 aliphatic rings. The van der Waals surface area contributed by atoms with Gasteiger partial charge in [0.25, 0.3) is 0 Å². The summed E-state index contributed by atoms with van der Waals surface area (Å²) in [6.07, 6.45) is 8.36. The first kappa shape index (κ1) is 11.9. The van der Waals surface area contributed by atoms with Gasteiger partial charge >= 0.3 is 0 Å². The van der Waals surface area contributed by atoms with Crippen LogP contribution in [0.25, 0.3) is 0 Å². The van der Waals surface area contributed by atoms with Gasteiger partial charge in [-0.1, -0.05) is 53.2 Å². The van der Waals surface area contributed by atoms with Crippen molar-refractivity contribution >= 4 is 38.9 Å². The Kier molecular flexibility index (Phi) is 4.53. The summed E-state index contributed by atoms with van der Waals surface area (Å²) in [7, 11) is 0. The Hall–Kier alpha value is 0.470. The lowest BCUT2D eigenvalue weighted by Crippen LogP contribution is -2.05. The minimum Gasteiger partial charge on any atom is -0.127 e. The fourth-order valence-electron chi connectivity index (χ4n) is 2.31. The van der Waals surface area contributed by atoms with E-state index in [2.05, 4.69) is 22.0 Å². The lowest BCUT2D eigenvalue weighted by Gasteiger charge is -2.19. The van der Waals surface area contributed by atoms with Gasteiger partial charge in [0.05, 0.1) is 9.16 Å². The number of rotatable bonds is 2. The maximum absolute atomic E-state index is 5.97. The second kappa shape index (κ2) is 5.70. The Morgan fingerprint density at radius 3 is 2.40 bits per heavy atom. The van der Waals surface area contributed by atoms with Crippen molar-refractivity contribution in [2.24, 2.45) is 5.92 Å². The number of halogens is 2. The maximum Gasteiger partial charge on any atom is 0.0931 e. The van der Waals surface area contributed by atoms with Gasteiger partial charge in [0.15, 0.2) is 0 Å². The molecule has 0 radical (unpaired) electrons. The molecule has 0 bridgehead atoms. The summed E-state index contributed by atoms with van der Waals surface area (Å²) in [5.74, 6) is 0.808. The van der Waals surface area contributed by atoms with Crippen molar-refractivity contribution in [2.75, 3.05) is 0 Å². The zero-order chi connectivity index (χ0) is 10.7. The molecule has 84 valence electrons. The Morgan fingerprint density at radius 2 is 1.87 bits per heavy atom. The summed E-state index contributed by atoms with van der Waals surface area (Å²) in [6, 6.07) is 4.17. The highest BCUT2D eigenvalue weighted by Crippen LogP contribution is 2.42. The van der Waals surface area contributed by atoms with Crippen LogP contribution in [0.2, 0.25) is 4.34 Å². The summed E-state index contributed by atoms with van der Waals surface area (Å²) in [5.41, 5.74) is 0. The van der Waals surface area contributed by atoms with Crippen LogP contribution in [-0.2, 0) is 0 Å². The molecule has 3 heteroatoms. The maximum atomic E-state index is 5.97. The van der Waals surface area contributed by atoms with Gasteiger partial charge in [-0.3, -0.25) is 0 Å². The summed E-state index contributed by atoms with van der Waals surface area (Å²) in [6.45, 7) is 0. The topological polar surface area (TPSA) is 0 Å². The van der Waals surface area contributed by atoms with Crippen LogP contribution in [0, 0.1) is 5.92 Å². The molecule has 15 heavy (non-hydrogen) atoms. The van der Waals surface area contributed by atoms with E-state index in [1.807, 2.05) is 6.07 Å². The first-order valence-electron chi connectivity index (χ1n) is 5.66. The van der Waals surface area contributed by atoms with Gasteiger partial charge in [-0.2, -0.15) is 0 Å². The molecule has 0 amide bonds. The van der Waals surface area contributed by atoms with Crippen LogP contribution in [0.4, 0.5) is 0 Å². The molecule has 2 rings (SSSR count). The standard InChI is InChI=1S/C12H16BrClS/c13-12(10-7-8-11(14)15-10)9-5-3-1-2-4-6-9/h7-9,12H,1-6H2. The van der Waals surface area contributed by atoms with Gasteiger partial charge in [-0.05, 0) is 30.9 Å². The highest BCUT2D eigenvalue weighted by molar-refractivity contribution is 9.09. The van der Waals surface area contributed by atoms with Crippen molar-refractivity contribution in [2.45, 2.75) is 43.4 Å². The van der Waals surface area contributed by atoms with Crippen LogP contribution >= 0.6 is 38.9 Å². The molecule has 1 aromatic rings. The Labute approximate surface area is 109 Å². The Balaban J connectivity index is 2.02. The van der Waals surface area contributed by atoms with Crippen LogP contribution in [0.15, 0.2) is 12.1 Å². The normalized spacial score (nSPS) is 21.2. The highest BCUT2D eigenvalue weighted by atomic mass is 79.9. The smallest absolute Gasteiger partial charge is 0.0931 e. The molecule has 1 heterocycles. The van der Waals surface area contributed by atoms with Crippen molar-refractivity contribution < 1.29 is 0 Å². The van der Waals surface area contributed by atoms with Crippen LogP contribution in [0.1, 0.15) is 48.2 Å². The second-order valence-electron chi connectivity index (χ2n) is 4.30. The average Bonchev–Trinajstić information content (AvgIpc) is 2.53. The van der Waals surface area contributed by atoms with E-state index in [0.29, 0.717) is 4.83 Å². The molecule has 1 fully saturated rings. The van der Waals surface area contributed by atoms with E-state index in [4.69, 9.17) is 11.6 Å². The lowest BCUT2D eigenvalue weighted by molar-refractivity contribution is 0.457. The lowest BCUT2D eigenvalue weighted by atomic mass is 9.96. The minimum atomic E-state index is 0.521. The molecule has 1 aliphatic carbocycles.